The first-order valence-corrected chi connectivity index (χ1v) is 15.4. The summed E-state index contributed by atoms with van der Waals surface area (Å²) in [6, 6.07) is 16.8. The van der Waals surface area contributed by atoms with Gasteiger partial charge in [0.1, 0.15) is 14.9 Å². The number of nitrogens with one attached hydrogen (secondary N) is 1. The fourth-order valence-corrected chi connectivity index (χ4v) is 7.50. The summed E-state index contributed by atoms with van der Waals surface area (Å²) in [6.07, 6.45) is 9.05. The molecule has 0 saturated heterocycles. The lowest BCUT2D eigenvalue weighted by molar-refractivity contribution is -0.112. The van der Waals surface area contributed by atoms with Crippen LogP contribution in [0.4, 0.5) is 5.69 Å². The maximum Gasteiger partial charge on any atom is 0.296 e. The third-order valence-corrected chi connectivity index (χ3v) is 9.44. The third-order valence-electron chi connectivity index (χ3n) is 6.07. The molecule has 202 valence electrons. The molecule has 0 aliphatic rings. The van der Waals surface area contributed by atoms with Gasteiger partial charge in [0.2, 0.25) is 0 Å². The fourth-order valence-electron chi connectivity index (χ4n) is 4.18. The average molecular weight is 588 g/mol. The Morgan fingerprint density at radius 2 is 1.57 bits per heavy atom. The molecular weight excluding hydrogens is 563 g/mol. The molecular formula is C30H25N3O4S3. The van der Waals surface area contributed by atoms with Crippen molar-refractivity contribution in [2.24, 2.45) is 0 Å². The van der Waals surface area contributed by atoms with Crippen LogP contribution in [0.3, 0.4) is 0 Å². The Labute approximate surface area is 240 Å². The number of allylic oxidation sites excluding steroid dienone is 4. The molecule has 0 aliphatic carbocycles. The number of rotatable bonds is 7. The maximum absolute atomic E-state index is 12.6. The van der Waals surface area contributed by atoms with E-state index in [2.05, 4.69) is 10.3 Å². The normalized spacial score (nSPS) is 12.8. The van der Waals surface area contributed by atoms with Crippen LogP contribution in [0, 0.1) is 6.92 Å². The van der Waals surface area contributed by atoms with Gasteiger partial charge in [-0.3, -0.25) is 9.35 Å². The number of aromatic nitrogens is 2. The Bertz CT molecular complexity index is 1950. The minimum absolute atomic E-state index is 0.0959. The first-order chi connectivity index (χ1) is 19.2. The van der Waals surface area contributed by atoms with E-state index < -0.39 is 10.1 Å². The summed E-state index contributed by atoms with van der Waals surface area (Å²) >= 11 is 2.77. The zero-order valence-electron chi connectivity index (χ0n) is 21.9. The van der Waals surface area contributed by atoms with Crippen molar-refractivity contribution in [2.45, 2.75) is 25.7 Å². The number of anilines is 1. The van der Waals surface area contributed by atoms with Gasteiger partial charge in [-0.1, -0.05) is 30.4 Å². The number of benzene rings is 3. The van der Waals surface area contributed by atoms with Crippen molar-refractivity contribution in [1.29, 1.82) is 0 Å². The Morgan fingerprint density at radius 1 is 0.900 bits per heavy atom. The molecule has 0 bridgehead atoms. The highest BCUT2D eigenvalue weighted by molar-refractivity contribution is 7.86. The monoisotopic (exact) mass is 587 g/mol. The Morgan fingerprint density at radius 3 is 2.27 bits per heavy atom. The van der Waals surface area contributed by atoms with Crippen molar-refractivity contribution in [3.05, 3.63) is 96.1 Å². The van der Waals surface area contributed by atoms with E-state index in [9.17, 15) is 17.8 Å². The minimum atomic E-state index is -4.38. The van der Waals surface area contributed by atoms with Crippen molar-refractivity contribution >= 4 is 64.8 Å². The lowest BCUT2D eigenvalue weighted by Crippen LogP contribution is -2.13. The molecule has 2 aromatic heterocycles. The van der Waals surface area contributed by atoms with Crippen molar-refractivity contribution in [3.63, 3.8) is 0 Å². The molecule has 0 unspecified atom stereocenters. The molecule has 0 atom stereocenters. The predicted octanol–water partition coefficient (Wildman–Crippen LogP) is 7.81. The Balaban J connectivity index is 1.41. The van der Waals surface area contributed by atoms with E-state index in [1.165, 1.54) is 22.7 Å². The van der Waals surface area contributed by atoms with E-state index in [-0.39, 0.29) is 10.8 Å². The van der Waals surface area contributed by atoms with Gasteiger partial charge in [0, 0.05) is 22.4 Å². The van der Waals surface area contributed by atoms with E-state index in [4.69, 9.17) is 4.98 Å². The molecule has 2 N–H and O–H groups in total. The summed E-state index contributed by atoms with van der Waals surface area (Å²) in [7, 11) is -4.38. The molecule has 0 aliphatic heterocycles. The Kier molecular flexibility index (Phi) is 7.77. The van der Waals surface area contributed by atoms with Crippen molar-refractivity contribution in [3.8, 4) is 21.1 Å². The Hall–Kier alpha value is -3.96. The molecule has 0 radical (unpaired) electrons. The van der Waals surface area contributed by atoms with Crippen LogP contribution in [-0.4, -0.2) is 28.8 Å². The van der Waals surface area contributed by atoms with Crippen molar-refractivity contribution in [2.75, 3.05) is 5.32 Å². The number of carbonyl (C=O) groups excluding carboxylic acids is 1. The molecule has 0 fully saturated rings. The quantitative estimate of drug-likeness (QED) is 0.114. The predicted molar refractivity (Wildman–Crippen MR) is 165 cm³/mol. The minimum Gasteiger partial charge on any atom is -0.322 e. The maximum atomic E-state index is 12.6. The highest BCUT2D eigenvalue weighted by Gasteiger charge is 2.21. The molecule has 0 saturated carbocycles. The van der Waals surface area contributed by atoms with Crippen LogP contribution in [-0.2, 0) is 14.9 Å². The third kappa shape index (κ3) is 5.66. The van der Waals surface area contributed by atoms with Crippen LogP contribution in [0.25, 0.3) is 41.6 Å². The van der Waals surface area contributed by atoms with Gasteiger partial charge in [-0.25, -0.2) is 9.97 Å². The van der Waals surface area contributed by atoms with Crippen LogP contribution in [0.1, 0.15) is 19.4 Å². The fraction of sp³-hybridized carbons (Fsp3) is 0.100. The molecule has 5 aromatic rings. The number of carbonyl (C=O) groups is 1. The van der Waals surface area contributed by atoms with Gasteiger partial charge in [0.25, 0.3) is 16.0 Å². The van der Waals surface area contributed by atoms with Crippen LogP contribution in [0.15, 0.2) is 95.4 Å². The zero-order chi connectivity index (χ0) is 28.4. The lowest BCUT2D eigenvalue weighted by Gasteiger charge is -2.06. The highest BCUT2D eigenvalue weighted by atomic mass is 32.2. The van der Waals surface area contributed by atoms with Gasteiger partial charge in [0.15, 0.2) is 0 Å². The molecule has 2 heterocycles. The average Bonchev–Trinajstić information content (AvgIpc) is 3.54. The van der Waals surface area contributed by atoms with Crippen LogP contribution in [0.5, 0.6) is 0 Å². The number of amides is 1. The molecule has 1 amide bonds. The summed E-state index contributed by atoms with van der Waals surface area (Å²) < 4.78 is 35.1. The lowest BCUT2D eigenvalue weighted by atomic mass is 10.1. The van der Waals surface area contributed by atoms with Gasteiger partial charge < -0.3 is 5.32 Å². The van der Waals surface area contributed by atoms with Gasteiger partial charge >= 0.3 is 0 Å². The van der Waals surface area contributed by atoms with Crippen molar-refractivity contribution < 1.29 is 17.8 Å². The van der Waals surface area contributed by atoms with E-state index >= 15 is 0 Å². The van der Waals surface area contributed by atoms with Crippen molar-refractivity contribution in [1.82, 2.24) is 9.97 Å². The zero-order valence-corrected chi connectivity index (χ0v) is 24.3. The van der Waals surface area contributed by atoms with Gasteiger partial charge in [0.05, 0.1) is 20.4 Å². The second kappa shape index (κ2) is 11.3. The number of nitrogens with zero attached hydrogens (tertiary/aromatic N) is 2. The second-order valence-corrected chi connectivity index (χ2v) is 12.3. The van der Waals surface area contributed by atoms with Crippen LogP contribution in [0.2, 0.25) is 0 Å². The van der Waals surface area contributed by atoms with Crippen LogP contribution >= 0.6 is 22.7 Å². The number of hydrogen-bond acceptors (Lipinski definition) is 7. The van der Waals surface area contributed by atoms with E-state index in [0.29, 0.717) is 32.0 Å². The molecule has 5 rings (SSSR count). The van der Waals surface area contributed by atoms with E-state index in [1.807, 2.05) is 74.5 Å². The molecule has 0 spiro atoms. The van der Waals surface area contributed by atoms with E-state index in [0.717, 1.165) is 26.4 Å². The first-order valence-electron chi connectivity index (χ1n) is 12.3. The SMILES string of the molecule is C\C=C/C=C(\C=C/C)C(=O)Nc1ccc(-c2nc3ccc(-c4nc5ccc(C)c(S(=O)(=O)O)c5s4)cc3s2)cc1. The number of hydrogen-bond donors (Lipinski definition) is 2. The highest BCUT2D eigenvalue weighted by Crippen LogP contribution is 2.38. The first kappa shape index (κ1) is 27.6. The summed E-state index contributed by atoms with van der Waals surface area (Å²) in [4.78, 5) is 21.9. The molecule has 3 aromatic carbocycles. The molecule has 40 heavy (non-hydrogen) atoms. The smallest absolute Gasteiger partial charge is 0.296 e. The standard InChI is InChI=1S/C30H25N3O4S3/c1-4-6-8-19(7-5-2)28(34)31-22-13-10-20(11-14-22)29-32-23-16-12-21(17-25(23)38-29)30-33-24-15-9-18(3)27(26(24)39-30)40(35,36)37/h4-17H,1-3H3,(H,31,34)(H,35,36,37)/b6-4-,7-5-,19-8+. The summed E-state index contributed by atoms with van der Waals surface area (Å²) in [5.41, 5.74) is 4.83. The molecule has 10 heteroatoms. The number of aryl methyl sites for hydroxylation is 1. The van der Waals surface area contributed by atoms with Gasteiger partial charge in [-0.2, -0.15) is 8.42 Å². The molecule has 7 nitrogen and oxygen atoms in total. The largest absolute Gasteiger partial charge is 0.322 e. The number of fused-ring (bicyclic) bond motifs is 2. The van der Waals surface area contributed by atoms with E-state index in [1.54, 1.807) is 31.2 Å². The van der Waals surface area contributed by atoms with Gasteiger partial charge in [-0.15, -0.1) is 22.7 Å². The summed E-state index contributed by atoms with van der Waals surface area (Å²) in [6.45, 7) is 5.41. The topological polar surface area (TPSA) is 109 Å². The van der Waals surface area contributed by atoms with Gasteiger partial charge in [-0.05, 0) is 80.9 Å². The summed E-state index contributed by atoms with van der Waals surface area (Å²) in [5, 5.41) is 4.42. The second-order valence-electron chi connectivity index (χ2n) is 8.93. The number of thiazole rings is 2. The van der Waals surface area contributed by atoms with Crippen LogP contribution < -0.4 is 5.32 Å². The summed E-state index contributed by atoms with van der Waals surface area (Å²) in [5.74, 6) is -0.190.